The third kappa shape index (κ3) is 3.90. The summed E-state index contributed by atoms with van der Waals surface area (Å²) in [5.74, 6) is -0.106. The molecule has 1 atom stereocenters. The third-order valence-corrected chi connectivity index (χ3v) is 5.29. The van der Waals surface area contributed by atoms with Gasteiger partial charge in [0.15, 0.2) is 0 Å². The number of nitrogens with one attached hydrogen (secondary N) is 1. The van der Waals surface area contributed by atoms with Crippen molar-refractivity contribution in [3.63, 3.8) is 0 Å². The number of benzene rings is 1. The Balaban J connectivity index is 1.47. The van der Waals surface area contributed by atoms with Crippen LogP contribution in [0.3, 0.4) is 0 Å². The van der Waals surface area contributed by atoms with E-state index < -0.39 is 0 Å². The Morgan fingerprint density at radius 2 is 1.96 bits per heavy atom. The van der Waals surface area contributed by atoms with Crippen molar-refractivity contribution < 1.29 is 14.7 Å². The summed E-state index contributed by atoms with van der Waals surface area (Å²) in [5, 5.41) is 13.2. The van der Waals surface area contributed by atoms with Gasteiger partial charge in [-0.2, -0.15) is 0 Å². The standard InChI is InChI=1S/C18H23ClN2O3/c19-15-3-1-2-14-13(15)4-5-16(14)20-17(23)6-7-18(24)21-10-8-12(22)9-11-21/h1-3,12,16,22H,4-11H2,(H,20,23). The molecule has 130 valence electrons. The first-order valence-electron chi connectivity index (χ1n) is 8.57. The highest BCUT2D eigenvalue weighted by atomic mass is 35.5. The summed E-state index contributed by atoms with van der Waals surface area (Å²) in [7, 11) is 0. The van der Waals surface area contributed by atoms with Crippen molar-refractivity contribution in [3.05, 3.63) is 34.3 Å². The van der Waals surface area contributed by atoms with Crippen molar-refractivity contribution in [2.24, 2.45) is 0 Å². The van der Waals surface area contributed by atoms with Crippen LogP contribution in [-0.4, -0.2) is 41.0 Å². The SMILES string of the molecule is O=C(CCC(=O)N1CCC(O)CC1)NC1CCc2c(Cl)cccc21. The lowest BCUT2D eigenvalue weighted by Gasteiger charge is -2.29. The fourth-order valence-electron chi connectivity index (χ4n) is 3.52. The smallest absolute Gasteiger partial charge is 0.223 e. The van der Waals surface area contributed by atoms with Crippen molar-refractivity contribution >= 4 is 23.4 Å². The van der Waals surface area contributed by atoms with Gasteiger partial charge in [0.25, 0.3) is 0 Å². The summed E-state index contributed by atoms with van der Waals surface area (Å²) in [6.07, 6.45) is 3.08. The maximum Gasteiger partial charge on any atom is 0.223 e. The Labute approximate surface area is 147 Å². The van der Waals surface area contributed by atoms with E-state index >= 15 is 0 Å². The normalized spacial score (nSPS) is 20.8. The monoisotopic (exact) mass is 350 g/mol. The average molecular weight is 351 g/mol. The van der Waals surface area contributed by atoms with Crippen molar-refractivity contribution in [1.82, 2.24) is 10.2 Å². The van der Waals surface area contributed by atoms with Crippen LogP contribution in [0.1, 0.15) is 49.3 Å². The van der Waals surface area contributed by atoms with Gasteiger partial charge in [0.2, 0.25) is 11.8 Å². The highest BCUT2D eigenvalue weighted by Gasteiger charge is 2.26. The molecule has 0 bridgehead atoms. The predicted octanol–water partition coefficient (Wildman–Crippen LogP) is 2.21. The van der Waals surface area contributed by atoms with Crippen LogP contribution in [0.15, 0.2) is 18.2 Å². The molecule has 1 heterocycles. The van der Waals surface area contributed by atoms with Gasteiger partial charge in [0, 0.05) is 31.0 Å². The van der Waals surface area contributed by atoms with Crippen LogP contribution in [-0.2, 0) is 16.0 Å². The molecule has 0 spiro atoms. The predicted molar refractivity (Wildman–Crippen MR) is 91.7 cm³/mol. The van der Waals surface area contributed by atoms with Gasteiger partial charge in [0.1, 0.15) is 0 Å². The average Bonchev–Trinajstić information content (AvgIpc) is 2.98. The second kappa shape index (κ2) is 7.53. The van der Waals surface area contributed by atoms with E-state index in [1.165, 1.54) is 0 Å². The van der Waals surface area contributed by atoms with Crippen LogP contribution in [0.4, 0.5) is 0 Å². The van der Waals surface area contributed by atoms with E-state index in [9.17, 15) is 14.7 Å². The Morgan fingerprint density at radius 1 is 1.21 bits per heavy atom. The molecule has 1 fully saturated rings. The quantitative estimate of drug-likeness (QED) is 0.874. The number of halogens is 1. The van der Waals surface area contributed by atoms with Crippen molar-refractivity contribution in [3.8, 4) is 0 Å². The van der Waals surface area contributed by atoms with Crippen LogP contribution in [0, 0.1) is 0 Å². The molecule has 6 heteroatoms. The third-order valence-electron chi connectivity index (χ3n) is 4.93. The molecule has 1 aromatic carbocycles. The fourth-order valence-corrected chi connectivity index (χ4v) is 3.80. The highest BCUT2D eigenvalue weighted by Crippen LogP contribution is 2.35. The number of carbonyl (C=O) groups is 2. The summed E-state index contributed by atoms with van der Waals surface area (Å²) >= 11 is 6.19. The molecule has 0 aromatic heterocycles. The van der Waals surface area contributed by atoms with Gasteiger partial charge in [0.05, 0.1) is 12.1 Å². The topological polar surface area (TPSA) is 69.6 Å². The largest absolute Gasteiger partial charge is 0.393 e. The zero-order chi connectivity index (χ0) is 17.1. The summed E-state index contributed by atoms with van der Waals surface area (Å²) in [6.45, 7) is 1.16. The molecule has 0 radical (unpaired) electrons. The molecular formula is C18H23ClN2O3. The van der Waals surface area contributed by atoms with Crippen LogP contribution in [0.25, 0.3) is 0 Å². The first kappa shape index (κ1) is 17.2. The Hall–Kier alpha value is -1.59. The fraction of sp³-hybridized carbons (Fsp3) is 0.556. The van der Waals surface area contributed by atoms with Gasteiger partial charge in [-0.25, -0.2) is 0 Å². The maximum absolute atomic E-state index is 12.2. The molecule has 1 aromatic rings. The van der Waals surface area contributed by atoms with Gasteiger partial charge < -0.3 is 15.3 Å². The first-order valence-corrected chi connectivity index (χ1v) is 8.95. The lowest BCUT2D eigenvalue weighted by atomic mass is 10.1. The number of likely N-dealkylation sites (tertiary alicyclic amines) is 1. The van der Waals surface area contributed by atoms with Gasteiger partial charge in [-0.05, 0) is 42.9 Å². The number of piperidine rings is 1. The molecule has 1 aliphatic heterocycles. The van der Waals surface area contributed by atoms with Crippen molar-refractivity contribution in [2.75, 3.05) is 13.1 Å². The van der Waals surface area contributed by atoms with E-state index in [4.69, 9.17) is 11.6 Å². The number of rotatable bonds is 4. The van der Waals surface area contributed by atoms with Crippen LogP contribution in [0.5, 0.6) is 0 Å². The molecule has 1 unspecified atom stereocenters. The number of fused-ring (bicyclic) bond motifs is 1. The second-order valence-electron chi connectivity index (χ2n) is 6.58. The summed E-state index contributed by atoms with van der Waals surface area (Å²) < 4.78 is 0. The number of amides is 2. The van der Waals surface area contributed by atoms with E-state index in [0.29, 0.717) is 25.9 Å². The van der Waals surface area contributed by atoms with Gasteiger partial charge in [-0.3, -0.25) is 9.59 Å². The zero-order valence-electron chi connectivity index (χ0n) is 13.6. The Morgan fingerprint density at radius 3 is 2.71 bits per heavy atom. The molecule has 0 saturated carbocycles. The minimum Gasteiger partial charge on any atom is -0.393 e. The van der Waals surface area contributed by atoms with Gasteiger partial charge in [-0.15, -0.1) is 0 Å². The number of hydrogen-bond donors (Lipinski definition) is 2. The molecular weight excluding hydrogens is 328 g/mol. The lowest BCUT2D eigenvalue weighted by Crippen LogP contribution is -2.40. The molecule has 2 aliphatic rings. The van der Waals surface area contributed by atoms with Crippen molar-refractivity contribution in [1.29, 1.82) is 0 Å². The van der Waals surface area contributed by atoms with Crippen LogP contribution in [0.2, 0.25) is 5.02 Å². The number of nitrogens with zero attached hydrogens (tertiary/aromatic N) is 1. The minimum atomic E-state index is -0.299. The number of hydrogen-bond acceptors (Lipinski definition) is 3. The van der Waals surface area contributed by atoms with E-state index in [-0.39, 0.29) is 36.8 Å². The highest BCUT2D eigenvalue weighted by molar-refractivity contribution is 6.31. The van der Waals surface area contributed by atoms with E-state index in [0.717, 1.165) is 29.0 Å². The zero-order valence-corrected chi connectivity index (χ0v) is 14.4. The van der Waals surface area contributed by atoms with E-state index in [2.05, 4.69) is 5.32 Å². The van der Waals surface area contributed by atoms with E-state index in [1.807, 2.05) is 18.2 Å². The maximum atomic E-state index is 12.2. The summed E-state index contributed by atoms with van der Waals surface area (Å²) in [5.41, 5.74) is 2.21. The van der Waals surface area contributed by atoms with E-state index in [1.54, 1.807) is 4.90 Å². The minimum absolute atomic E-state index is 0.00748. The first-order chi connectivity index (χ1) is 11.5. The Bertz CT molecular complexity index is 627. The molecule has 2 amide bonds. The van der Waals surface area contributed by atoms with Gasteiger partial charge in [-0.1, -0.05) is 23.7 Å². The molecule has 5 nitrogen and oxygen atoms in total. The summed E-state index contributed by atoms with van der Waals surface area (Å²) in [6, 6.07) is 5.77. The van der Waals surface area contributed by atoms with Crippen LogP contribution < -0.4 is 5.32 Å². The van der Waals surface area contributed by atoms with Gasteiger partial charge >= 0.3 is 0 Å². The molecule has 1 aliphatic carbocycles. The number of aliphatic hydroxyl groups is 1. The Kier molecular flexibility index (Phi) is 5.41. The van der Waals surface area contributed by atoms with Crippen molar-refractivity contribution in [2.45, 2.75) is 50.7 Å². The molecule has 24 heavy (non-hydrogen) atoms. The van der Waals surface area contributed by atoms with Crippen LogP contribution >= 0.6 is 11.6 Å². The second-order valence-corrected chi connectivity index (χ2v) is 6.99. The molecule has 3 rings (SSSR count). The summed E-state index contributed by atoms with van der Waals surface area (Å²) in [4.78, 5) is 26.1. The number of aliphatic hydroxyl groups excluding tert-OH is 1. The number of carbonyl (C=O) groups excluding carboxylic acids is 2. The lowest BCUT2D eigenvalue weighted by molar-refractivity contribution is -0.135. The molecule has 1 saturated heterocycles. The molecule has 2 N–H and O–H groups in total.